The Balaban J connectivity index is 1.59. The van der Waals surface area contributed by atoms with E-state index in [2.05, 4.69) is 10.6 Å². The summed E-state index contributed by atoms with van der Waals surface area (Å²) in [6.45, 7) is 4.01. The number of ketones is 1. The van der Waals surface area contributed by atoms with Crippen molar-refractivity contribution in [3.8, 4) is 0 Å². The second-order valence-electron chi connectivity index (χ2n) is 7.76. The highest BCUT2D eigenvalue weighted by Crippen LogP contribution is 2.20. The molecule has 3 aromatic rings. The van der Waals surface area contributed by atoms with Gasteiger partial charge in [-0.25, -0.2) is 0 Å². The number of amides is 2. The number of aryl methyl sites for hydroxylation is 1. The van der Waals surface area contributed by atoms with Crippen molar-refractivity contribution in [3.63, 3.8) is 0 Å². The monoisotopic (exact) mass is 429 g/mol. The fourth-order valence-electron chi connectivity index (χ4n) is 3.35. The quantitative estimate of drug-likeness (QED) is 0.530. The normalized spacial score (nSPS) is 10.6. The molecule has 0 radical (unpaired) electrons. The number of nitrogens with one attached hydrogen (secondary N) is 2. The smallest absolute Gasteiger partial charge is 0.238 e. The molecule has 0 spiro atoms. The number of para-hydroxylation sites is 1. The van der Waals surface area contributed by atoms with Gasteiger partial charge in [0.15, 0.2) is 5.78 Å². The van der Waals surface area contributed by atoms with Crippen molar-refractivity contribution in [1.82, 2.24) is 4.90 Å². The van der Waals surface area contributed by atoms with Gasteiger partial charge in [-0.15, -0.1) is 0 Å². The van der Waals surface area contributed by atoms with Crippen LogP contribution in [0.1, 0.15) is 27.0 Å². The molecule has 0 aliphatic rings. The summed E-state index contributed by atoms with van der Waals surface area (Å²) in [6.07, 6.45) is 0. The molecular formula is C26H27N3O3. The first-order valence-electron chi connectivity index (χ1n) is 10.4. The molecule has 0 heterocycles. The maximum absolute atomic E-state index is 12.8. The number of likely N-dealkylation sites (N-methyl/N-ethyl adjacent to an activating group) is 1. The van der Waals surface area contributed by atoms with Crippen molar-refractivity contribution in [2.75, 3.05) is 30.8 Å². The van der Waals surface area contributed by atoms with Gasteiger partial charge in [0.2, 0.25) is 11.8 Å². The minimum atomic E-state index is -0.305. The molecule has 164 valence electrons. The van der Waals surface area contributed by atoms with Gasteiger partial charge >= 0.3 is 0 Å². The first kappa shape index (κ1) is 22.9. The Kier molecular flexibility index (Phi) is 7.52. The molecule has 3 rings (SSSR count). The summed E-state index contributed by atoms with van der Waals surface area (Å²) in [7, 11) is 1.70. The molecule has 32 heavy (non-hydrogen) atoms. The Bertz CT molecular complexity index is 1130. The van der Waals surface area contributed by atoms with Crippen LogP contribution in [0.3, 0.4) is 0 Å². The standard InChI is InChI=1S/C26H27N3O3/c1-18-10-9-15-22(19(18)2)27-24(30)16-29(3)17-25(31)28-23-14-8-7-13-21(23)26(32)20-11-5-4-6-12-20/h4-15H,16-17H2,1-3H3,(H,27,30)(H,28,31). The Morgan fingerprint density at radius 2 is 1.28 bits per heavy atom. The molecule has 0 aromatic heterocycles. The summed E-state index contributed by atoms with van der Waals surface area (Å²) in [5.41, 5.74) is 4.29. The fourth-order valence-corrected chi connectivity index (χ4v) is 3.35. The van der Waals surface area contributed by atoms with Crippen LogP contribution in [0.2, 0.25) is 0 Å². The van der Waals surface area contributed by atoms with E-state index in [1.54, 1.807) is 60.5 Å². The number of carbonyl (C=O) groups is 3. The number of benzene rings is 3. The summed E-state index contributed by atoms with van der Waals surface area (Å²) < 4.78 is 0. The molecule has 0 aliphatic carbocycles. The third-order valence-corrected chi connectivity index (χ3v) is 5.19. The lowest BCUT2D eigenvalue weighted by atomic mass is 10.0. The van der Waals surface area contributed by atoms with Gasteiger partial charge in [0.05, 0.1) is 18.8 Å². The Morgan fingerprint density at radius 1 is 0.719 bits per heavy atom. The van der Waals surface area contributed by atoms with Gasteiger partial charge in [-0.2, -0.15) is 0 Å². The molecule has 0 aliphatic heterocycles. The molecule has 3 aromatic carbocycles. The zero-order valence-electron chi connectivity index (χ0n) is 18.5. The van der Waals surface area contributed by atoms with Crippen molar-refractivity contribution in [2.45, 2.75) is 13.8 Å². The first-order chi connectivity index (χ1) is 15.3. The van der Waals surface area contributed by atoms with Crippen LogP contribution in [0, 0.1) is 13.8 Å². The van der Waals surface area contributed by atoms with E-state index in [9.17, 15) is 14.4 Å². The van der Waals surface area contributed by atoms with Crippen LogP contribution in [-0.4, -0.2) is 42.6 Å². The molecule has 6 nitrogen and oxygen atoms in total. The summed E-state index contributed by atoms with van der Waals surface area (Å²) in [5, 5.41) is 5.69. The molecular weight excluding hydrogens is 402 g/mol. The van der Waals surface area contributed by atoms with Gasteiger partial charge in [-0.1, -0.05) is 54.6 Å². The molecule has 0 saturated carbocycles. The van der Waals surface area contributed by atoms with Crippen LogP contribution in [0.15, 0.2) is 72.8 Å². The maximum atomic E-state index is 12.8. The predicted molar refractivity (Wildman–Crippen MR) is 127 cm³/mol. The van der Waals surface area contributed by atoms with E-state index in [1.165, 1.54) is 0 Å². The lowest BCUT2D eigenvalue weighted by Gasteiger charge is -2.17. The average molecular weight is 430 g/mol. The van der Waals surface area contributed by atoms with Crippen molar-refractivity contribution in [1.29, 1.82) is 0 Å². The van der Waals surface area contributed by atoms with E-state index >= 15 is 0 Å². The van der Waals surface area contributed by atoms with Crippen molar-refractivity contribution >= 4 is 29.0 Å². The molecule has 0 bridgehead atoms. The third kappa shape index (κ3) is 5.89. The molecule has 6 heteroatoms. The zero-order valence-corrected chi connectivity index (χ0v) is 18.5. The first-order valence-corrected chi connectivity index (χ1v) is 10.4. The summed E-state index contributed by atoms with van der Waals surface area (Å²) >= 11 is 0. The lowest BCUT2D eigenvalue weighted by molar-refractivity contribution is -0.119. The highest BCUT2D eigenvalue weighted by atomic mass is 16.2. The second kappa shape index (κ2) is 10.5. The third-order valence-electron chi connectivity index (χ3n) is 5.19. The van der Waals surface area contributed by atoms with Crippen LogP contribution in [0.4, 0.5) is 11.4 Å². The Morgan fingerprint density at radius 3 is 1.97 bits per heavy atom. The largest absolute Gasteiger partial charge is 0.325 e. The number of anilines is 2. The van der Waals surface area contributed by atoms with Crippen LogP contribution in [0.5, 0.6) is 0 Å². The van der Waals surface area contributed by atoms with E-state index in [1.807, 2.05) is 38.1 Å². The van der Waals surface area contributed by atoms with Gasteiger partial charge in [0.25, 0.3) is 0 Å². The van der Waals surface area contributed by atoms with Crippen molar-refractivity contribution < 1.29 is 14.4 Å². The Hall–Kier alpha value is -3.77. The van der Waals surface area contributed by atoms with E-state index in [0.29, 0.717) is 16.8 Å². The highest BCUT2D eigenvalue weighted by molar-refractivity contribution is 6.13. The second-order valence-corrected chi connectivity index (χ2v) is 7.76. The Labute approximate surface area is 188 Å². The fraction of sp³-hybridized carbons (Fsp3) is 0.192. The van der Waals surface area contributed by atoms with Crippen molar-refractivity contribution in [3.05, 3.63) is 95.1 Å². The SMILES string of the molecule is Cc1cccc(NC(=O)CN(C)CC(=O)Nc2ccccc2C(=O)c2ccccc2)c1C. The average Bonchev–Trinajstić information content (AvgIpc) is 2.77. The van der Waals surface area contributed by atoms with E-state index in [4.69, 9.17) is 0 Å². The lowest BCUT2D eigenvalue weighted by Crippen LogP contribution is -2.36. The minimum absolute atomic E-state index is 0.00802. The molecule has 0 unspecified atom stereocenters. The van der Waals surface area contributed by atoms with Crippen LogP contribution < -0.4 is 10.6 Å². The van der Waals surface area contributed by atoms with E-state index < -0.39 is 0 Å². The number of hydrogen-bond donors (Lipinski definition) is 2. The van der Waals surface area contributed by atoms with Crippen LogP contribution in [-0.2, 0) is 9.59 Å². The topological polar surface area (TPSA) is 78.5 Å². The summed E-state index contributed by atoms with van der Waals surface area (Å²) in [4.78, 5) is 39.4. The van der Waals surface area contributed by atoms with Crippen LogP contribution in [0.25, 0.3) is 0 Å². The van der Waals surface area contributed by atoms with Crippen molar-refractivity contribution in [2.24, 2.45) is 0 Å². The summed E-state index contributed by atoms with van der Waals surface area (Å²) in [5.74, 6) is -0.670. The van der Waals surface area contributed by atoms with Crippen LogP contribution >= 0.6 is 0 Å². The minimum Gasteiger partial charge on any atom is -0.325 e. The van der Waals surface area contributed by atoms with E-state index in [0.717, 1.165) is 16.8 Å². The molecule has 0 saturated heterocycles. The molecule has 2 amide bonds. The van der Waals surface area contributed by atoms with E-state index in [-0.39, 0.29) is 30.7 Å². The van der Waals surface area contributed by atoms with Gasteiger partial charge in [-0.05, 0) is 50.2 Å². The number of rotatable bonds is 8. The van der Waals surface area contributed by atoms with Gasteiger partial charge in [0.1, 0.15) is 0 Å². The van der Waals surface area contributed by atoms with Gasteiger partial charge in [-0.3, -0.25) is 19.3 Å². The molecule has 2 N–H and O–H groups in total. The molecule has 0 fully saturated rings. The zero-order chi connectivity index (χ0) is 23.1. The predicted octanol–water partition coefficient (Wildman–Crippen LogP) is 4.04. The summed E-state index contributed by atoms with van der Waals surface area (Å²) in [6, 6.07) is 21.6. The van der Waals surface area contributed by atoms with Gasteiger partial charge in [0, 0.05) is 16.8 Å². The number of hydrogen-bond acceptors (Lipinski definition) is 4. The number of nitrogens with zero attached hydrogens (tertiary/aromatic N) is 1. The van der Waals surface area contributed by atoms with Gasteiger partial charge < -0.3 is 10.6 Å². The number of carbonyl (C=O) groups excluding carboxylic acids is 3. The molecule has 0 atom stereocenters. The maximum Gasteiger partial charge on any atom is 0.238 e. The highest BCUT2D eigenvalue weighted by Gasteiger charge is 2.16.